The second-order valence-corrected chi connectivity index (χ2v) is 5.08. The lowest BCUT2D eigenvalue weighted by atomic mass is 10.2. The maximum absolute atomic E-state index is 12.0. The molecule has 4 N–H and O–H groups in total. The van der Waals surface area contributed by atoms with Gasteiger partial charge in [0, 0.05) is 5.69 Å². The molecule has 0 aromatic heterocycles. The number of hydrogen-bond acceptors (Lipinski definition) is 5. The Kier molecular flexibility index (Phi) is 6.99. The topological polar surface area (TPSA) is 115 Å². The normalized spacial score (nSPS) is 10.3. The van der Waals surface area contributed by atoms with E-state index in [1.54, 1.807) is 30.3 Å². The van der Waals surface area contributed by atoms with Crippen LogP contribution in [0.25, 0.3) is 0 Å². The highest BCUT2D eigenvalue weighted by Gasteiger charge is 2.09. The predicted molar refractivity (Wildman–Crippen MR) is 98.5 cm³/mol. The lowest BCUT2D eigenvalue weighted by molar-refractivity contribution is -0.118. The van der Waals surface area contributed by atoms with Crippen molar-refractivity contribution >= 4 is 23.8 Å². The monoisotopic (exact) mass is 356 g/mol. The number of ether oxygens (including phenoxy) is 2. The van der Waals surface area contributed by atoms with Gasteiger partial charge in [0.2, 0.25) is 0 Å². The molecule has 2 rings (SSSR count). The van der Waals surface area contributed by atoms with Crippen LogP contribution in [0.1, 0.15) is 12.5 Å². The number of hydrogen-bond donors (Lipinski definition) is 3. The van der Waals surface area contributed by atoms with Gasteiger partial charge in [0.15, 0.2) is 18.1 Å². The molecule has 0 saturated carbocycles. The summed E-state index contributed by atoms with van der Waals surface area (Å²) < 4.78 is 11.1. The van der Waals surface area contributed by atoms with E-state index in [-0.39, 0.29) is 12.5 Å². The van der Waals surface area contributed by atoms with Gasteiger partial charge in [-0.3, -0.25) is 4.79 Å². The van der Waals surface area contributed by atoms with Crippen LogP contribution in [0.3, 0.4) is 0 Å². The zero-order valence-corrected chi connectivity index (χ0v) is 14.3. The third-order valence-electron chi connectivity index (χ3n) is 3.07. The molecule has 0 aliphatic rings. The van der Waals surface area contributed by atoms with Crippen LogP contribution in [0.5, 0.6) is 11.5 Å². The van der Waals surface area contributed by atoms with Crippen LogP contribution >= 0.6 is 0 Å². The number of hydrazone groups is 1. The zero-order chi connectivity index (χ0) is 18.8. The minimum Gasteiger partial charge on any atom is -0.490 e. The molecule has 0 bridgehead atoms. The van der Waals surface area contributed by atoms with E-state index < -0.39 is 6.03 Å². The van der Waals surface area contributed by atoms with Crippen molar-refractivity contribution in [3.05, 3.63) is 54.1 Å². The quantitative estimate of drug-likeness (QED) is 0.496. The van der Waals surface area contributed by atoms with Crippen LogP contribution in [-0.4, -0.2) is 31.4 Å². The van der Waals surface area contributed by atoms with Gasteiger partial charge in [-0.25, -0.2) is 10.2 Å². The molecule has 8 nitrogen and oxygen atoms in total. The summed E-state index contributed by atoms with van der Waals surface area (Å²) >= 11 is 0. The van der Waals surface area contributed by atoms with Gasteiger partial charge in [-0.05, 0) is 42.8 Å². The summed E-state index contributed by atoms with van der Waals surface area (Å²) in [6.45, 7) is 2.10. The predicted octanol–water partition coefficient (Wildman–Crippen LogP) is 2.10. The summed E-state index contributed by atoms with van der Waals surface area (Å²) in [5.74, 6) is 0.605. The van der Waals surface area contributed by atoms with Gasteiger partial charge in [-0.1, -0.05) is 18.2 Å². The first-order valence-corrected chi connectivity index (χ1v) is 7.91. The number of carbonyl (C=O) groups excluding carboxylic acids is 2. The molecular weight excluding hydrogens is 336 g/mol. The van der Waals surface area contributed by atoms with E-state index >= 15 is 0 Å². The minimum atomic E-state index is -0.754. The number of nitrogens with one attached hydrogen (secondary N) is 2. The van der Waals surface area contributed by atoms with Crippen LogP contribution in [0.4, 0.5) is 10.5 Å². The van der Waals surface area contributed by atoms with Crippen molar-refractivity contribution in [2.75, 3.05) is 18.5 Å². The molecule has 2 aromatic rings. The summed E-state index contributed by atoms with van der Waals surface area (Å²) in [6, 6.07) is 13.4. The standard InChI is InChI=1S/C18H20N4O4/c1-2-25-16-10-13(11-20-22-18(19)24)8-9-15(16)26-12-17(23)21-14-6-4-3-5-7-14/h3-11H,2,12H2,1H3,(H,21,23)(H3,19,22,24)/b20-11+. The van der Waals surface area contributed by atoms with Crippen molar-refractivity contribution in [3.63, 3.8) is 0 Å². The molecule has 0 fully saturated rings. The SMILES string of the molecule is CCOc1cc(/C=N/NC(N)=O)ccc1OCC(=O)Nc1ccccc1. The summed E-state index contributed by atoms with van der Waals surface area (Å²) in [6.07, 6.45) is 1.42. The Morgan fingerprint density at radius 1 is 1.12 bits per heavy atom. The molecule has 8 heteroatoms. The van der Waals surface area contributed by atoms with Crippen molar-refractivity contribution in [2.24, 2.45) is 10.8 Å². The number of anilines is 1. The van der Waals surface area contributed by atoms with Crippen molar-refractivity contribution in [1.29, 1.82) is 0 Å². The van der Waals surface area contributed by atoms with Gasteiger partial charge in [-0.2, -0.15) is 5.10 Å². The maximum atomic E-state index is 12.0. The highest BCUT2D eigenvalue weighted by molar-refractivity contribution is 5.91. The number of primary amides is 1. The molecular formula is C18H20N4O4. The van der Waals surface area contributed by atoms with Gasteiger partial charge in [-0.15, -0.1) is 0 Å². The number of benzene rings is 2. The Morgan fingerprint density at radius 2 is 1.88 bits per heavy atom. The number of nitrogens with two attached hydrogens (primary N) is 1. The Morgan fingerprint density at radius 3 is 2.58 bits per heavy atom. The molecule has 0 saturated heterocycles. The molecule has 0 aliphatic carbocycles. The van der Waals surface area contributed by atoms with E-state index in [0.717, 1.165) is 0 Å². The van der Waals surface area contributed by atoms with E-state index in [2.05, 4.69) is 15.8 Å². The smallest absolute Gasteiger partial charge is 0.332 e. The molecule has 0 unspecified atom stereocenters. The molecule has 0 atom stereocenters. The van der Waals surface area contributed by atoms with Crippen molar-refractivity contribution in [1.82, 2.24) is 5.43 Å². The van der Waals surface area contributed by atoms with Gasteiger partial charge < -0.3 is 20.5 Å². The van der Waals surface area contributed by atoms with Crippen LogP contribution in [0, 0.1) is 0 Å². The molecule has 0 aliphatic heterocycles. The van der Waals surface area contributed by atoms with E-state index in [9.17, 15) is 9.59 Å². The zero-order valence-electron chi connectivity index (χ0n) is 14.3. The fourth-order valence-electron chi connectivity index (χ4n) is 2.02. The Bertz CT molecular complexity index is 778. The number of nitrogens with zero attached hydrogens (tertiary/aromatic N) is 1. The maximum Gasteiger partial charge on any atom is 0.332 e. The highest BCUT2D eigenvalue weighted by atomic mass is 16.5. The van der Waals surface area contributed by atoms with Crippen LogP contribution in [0.15, 0.2) is 53.6 Å². The highest BCUT2D eigenvalue weighted by Crippen LogP contribution is 2.28. The fourth-order valence-corrected chi connectivity index (χ4v) is 2.02. The molecule has 0 spiro atoms. The Hall–Kier alpha value is -3.55. The average Bonchev–Trinajstić information content (AvgIpc) is 2.62. The summed E-state index contributed by atoms with van der Waals surface area (Å²) in [7, 11) is 0. The molecule has 136 valence electrons. The Labute approximate surface area is 151 Å². The number of rotatable bonds is 8. The van der Waals surface area contributed by atoms with Crippen LogP contribution < -0.4 is 25.9 Å². The van der Waals surface area contributed by atoms with E-state index in [1.165, 1.54) is 6.21 Å². The first-order valence-electron chi connectivity index (χ1n) is 7.91. The van der Waals surface area contributed by atoms with Gasteiger partial charge >= 0.3 is 6.03 Å². The number of amides is 3. The fraction of sp³-hybridized carbons (Fsp3) is 0.167. The first-order chi connectivity index (χ1) is 12.6. The first kappa shape index (κ1) is 18.8. The molecule has 0 heterocycles. The van der Waals surface area contributed by atoms with Crippen molar-refractivity contribution in [3.8, 4) is 11.5 Å². The summed E-state index contributed by atoms with van der Waals surface area (Å²) in [4.78, 5) is 22.6. The second-order valence-electron chi connectivity index (χ2n) is 5.08. The number of carbonyl (C=O) groups is 2. The summed E-state index contributed by atoms with van der Waals surface area (Å²) in [5, 5.41) is 6.42. The van der Waals surface area contributed by atoms with E-state index in [0.29, 0.717) is 29.4 Å². The average molecular weight is 356 g/mol. The number of para-hydroxylation sites is 1. The lowest BCUT2D eigenvalue weighted by Crippen LogP contribution is -2.24. The van der Waals surface area contributed by atoms with Crippen LogP contribution in [-0.2, 0) is 4.79 Å². The van der Waals surface area contributed by atoms with Gasteiger partial charge in [0.25, 0.3) is 5.91 Å². The summed E-state index contributed by atoms with van der Waals surface area (Å²) in [5.41, 5.74) is 8.41. The largest absolute Gasteiger partial charge is 0.490 e. The second kappa shape index (κ2) is 9.67. The Balaban J connectivity index is 1.99. The van der Waals surface area contributed by atoms with Gasteiger partial charge in [0.1, 0.15) is 0 Å². The minimum absolute atomic E-state index is 0.161. The number of urea groups is 1. The molecule has 26 heavy (non-hydrogen) atoms. The van der Waals surface area contributed by atoms with Gasteiger partial charge in [0.05, 0.1) is 12.8 Å². The lowest BCUT2D eigenvalue weighted by Gasteiger charge is -2.12. The molecule has 3 amide bonds. The third-order valence-corrected chi connectivity index (χ3v) is 3.07. The molecule has 2 aromatic carbocycles. The van der Waals surface area contributed by atoms with Crippen LogP contribution in [0.2, 0.25) is 0 Å². The third kappa shape index (κ3) is 6.16. The van der Waals surface area contributed by atoms with Crippen molar-refractivity contribution in [2.45, 2.75) is 6.92 Å². The van der Waals surface area contributed by atoms with Crippen molar-refractivity contribution < 1.29 is 19.1 Å². The van der Waals surface area contributed by atoms with E-state index in [4.69, 9.17) is 15.2 Å². The van der Waals surface area contributed by atoms with E-state index in [1.807, 2.05) is 25.1 Å². The molecule has 0 radical (unpaired) electrons.